The minimum Gasteiger partial charge on any atom is -0.352 e. The van der Waals surface area contributed by atoms with E-state index in [-0.39, 0.29) is 17.0 Å². The maximum Gasteiger partial charge on any atom is 0.257 e. The van der Waals surface area contributed by atoms with Gasteiger partial charge < -0.3 is 10.6 Å². The summed E-state index contributed by atoms with van der Waals surface area (Å²) in [6.45, 7) is 0.416. The molecule has 7 heteroatoms. The van der Waals surface area contributed by atoms with Gasteiger partial charge in [-0.05, 0) is 48.4 Å². The van der Waals surface area contributed by atoms with E-state index in [2.05, 4.69) is 15.6 Å². The number of carbonyl (C=O) groups excluding carboxylic acids is 2. The van der Waals surface area contributed by atoms with Crippen LogP contribution in [0.2, 0.25) is 5.02 Å². The van der Waals surface area contributed by atoms with Crippen molar-refractivity contribution in [1.82, 2.24) is 10.3 Å². The summed E-state index contributed by atoms with van der Waals surface area (Å²) in [6, 6.07) is 14.4. The Morgan fingerprint density at radius 3 is 2.46 bits per heavy atom. The van der Waals surface area contributed by atoms with E-state index < -0.39 is 11.7 Å². The molecule has 1 heterocycles. The standard InChI is InChI=1S/C21H17ClFN3O2/c22-17-4-1-3-14(9-17)7-8-25-20(27)15-10-16(13-24-12-15)21(28)26-19-6-2-5-18(23)11-19/h1-6,9-13H,7-8H2,(H,25,27)(H,26,28). The van der Waals surface area contributed by atoms with Gasteiger partial charge >= 0.3 is 0 Å². The molecule has 2 N–H and O–H groups in total. The summed E-state index contributed by atoms with van der Waals surface area (Å²) in [6.07, 6.45) is 3.35. The van der Waals surface area contributed by atoms with E-state index >= 15 is 0 Å². The lowest BCUT2D eigenvalue weighted by Crippen LogP contribution is -2.26. The minimum atomic E-state index is -0.480. The molecular weight excluding hydrogens is 381 g/mol. The third-order valence-electron chi connectivity index (χ3n) is 3.93. The zero-order valence-corrected chi connectivity index (χ0v) is 15.5. The first kappa shape index (κ1) is 19.5. The van der Waals surface area contributed by atoms with Gasteiger partial charge in [-0.3, -0.25) is 14.6 Å². The summed E-state index contributed by atoms with van der Waals surface area (Å²) >= 11 is 5.94. The highest BCUT2D eigenvalue weighted by Crippen LogP contribution is 2.12. The van der Waals surface area contributed by atoms with E-state index in [1.165, 1.54) is 36.7 Å². The van der Waals surface area contributed by atoms with Gasteiger partial charge in [-0.1, -0.05) is 29.8 Å². The highest BCUT2D eigenvalue weighted by Gasteiger charge is 2.12. The average molecular weight is 398 g/mol. The van der Waals surface area contributed by atoms with Gasteiger partial charge in [0.05, 0.1) is 11.1 Å². The average Bonchev–Trinajstić information content (AvgIpc) is 2.68. The molecule has 0 fully saturated rings. The highest BCUT2D eigenvalue weighted by molar-refractivity contribution is 6.30. The first-order valence-corrected chi connectivity index (χ1v) is 8.94. The Balaban J connectivity index is 1.60. The van der Waals surface area contributed by atoms with Crippen LogP contribution in [-0.2, 0) is 6.42 Å². The van der Waals surface area contributed by atoms with Crippen LogP contribution in [-0.4, -0.2) is 23.3 Å². The van der Waals surface area contributed by atoms with Crippen LogP contribution in [0.25, 0.3) is 0 Å². The summed E-state index contributed by atoms with van der Waals surface area (Å²) in [5.41, 5.74) is 1.79. The van der Waals surface area contributed by atoms with E-state index in [4.69, 9.17) is 11.6 Å². The van der Waals surface area contributed by atoms with Crippen LogP contribution in [0.1, 0.15) is 26.3 Å². The van der Waals surface area contributed by atoms with E-state index in [1.807, 2.05) is 18.2 Å². The monoisotopic (exact) mass is 397 g/mol. The zero-order valence-electron chi connectivity index (χ0n) is 14.8. The third kappa shape index (κ3) is 5.37. The number of nitrogens with zero attached hydrogens (tertiary/aromatic N) is 1. The van der Waals surface area contributed by atoms with Gasteiger partial charge in [0.1, 0.15) is 5.82 Å². The van der Waals surface area contributed by atoms with Gasteiger partial charge in [0.25, 0.3) is 11.8 Å². The number of pyridine rings is 1. The number of nitrogens with one attached hydrogen (secondary N) is 2. The lowest BCUT2D eigenvalue weighted by atomic mass is 10.1. The van der Waals surface area contributed by atoms with Crippen LogP contribution in [0, 0.1) is 5.82 Å². The molecule has 142 valence electrons. The van der Waals surface area contributed by atoms with Crippen LogP contribution < -0.4 is 10.6 Å². The quantitative estimate of drug-likeness (QED) is 0.657. The molecule has 5 nitrogen and oxygen atoms in total. The Hall–Kier alpha value is -3.25. The van der Waals surface area contributed by atoms with Crippen molar-refractivity contribution in [3.63, 3.8) is 0 Å². The van der Waals surface area contributed by atoms with E-state index in [0.29, 0.717) is 23.7 Å². The number of hydrogen-bond donors (Lipinski definition) is 2. The molecular formula is C21H17ClFN3O2. The largest absolute Gasteiger partial charge is 0.352 e. The highest BCUT2D eigenvalue weighted by atomic mass is 35.5. The molecule has 0 saturated carbocycles. The minimum absolute atomic E-state index is 0.201. The van der Waals surface area contributed by atoms with E-state index in [1.54, 1.807) is 12.1 Å². The number of carbonyl (C=O) groups is 2. The maximum atomic E-state index is 13.2. The zero-order chi connectivity index (χ0) is 19.9. The molecule has 0 saturated heterocycles. The van der Waals surface area contributed by atoms with Crippen molar-refractivity contribution in [2.24, 2.45) is 0 Å². The molecule has 0 radical (unpaired) electrons. The summed E-state index contributed by atoms with van der Waals surface area (Å²) in [4.78, 5) is 28.6. The van der Waals surface area contributed by atoms with Crippen LogP contribution >= 0.6 is 11.6 Å². The van der Waals surface area contributed by atoms with Gasteiger partial charge in [0.15, 0.2) is 0 Å². The number of hydrogen-bond acceptors (Lipinski definition) is 3. The number of rotatable bonds is 6. The fraction of sp³-hybridized carbons (Fsp3) is 0.0952. The number of halogens is 2. The van der Waals surface area contributed by atoms with Gasteiger partial charge in [0.2, 0.25) is 0 Å². The Bertz CT molecular complexity index is 1010. The summed E-state index contributed by atoms with van der Waals surface area (Å²) in [5, 5.41) is 6.00. The number of aromatic nitrogens is 1. The van der Waals surface area contributed by atoms with Gasteiger partial charge in [-0.25, -0.2) is 4.39 Å². The van der Waals surface area contributed by atoms with E-state index in [0.717, 1.165) is 5.56 Å². The number of benzene rings is 2. The molecule has 0 aliphatic carbocycles. The Morgan fingerprint density at radius 2 is 1.71 bits per heavy atom. The Morgan fingerprint density at radius 1 is 0.964 bits per heavy atom. The van der Waals surface area contributed by atoms with Crippen molar-refractivity contribution < 1.29 is 14.0 Å². The van der Waals surface area contributed by atoms with Crippen LogP contribution in [0.5, 0.6) is 0 Å². The topological polar surface area (TPSA) is 71.1 Å². The van der Waals surface area contributed by atoms with Crippen molar-refractivity contribution in [2.45, 2.75) is 6.42 Å². The Kier molecular flexibility index (Phi) is 6.34. The second-order valence-corrected chi connectivity index (χ2v) is 6.50. The molecule has 3 aromatic rings. The summed E-state index contributed by atoms with van der Waals surface area (Å²) in [5.74, 6) is -1.27. The molecule has 0 spiro atoms. The normalized spacial score (nSPS) is 10.4. The maximum absolute atomic E-state index is 13.2. The van der Waals surface area contributed by atoms with Crippen molar-refractivity contribution in [3.8, 4) is 0 Å². The first-order valence-electron chi connectivity index (χ1n) is 8.56. The number of anilines is 1. The second-order valence-electron chi connectivity index (χ2n) is 6.06. The van der Waals surface area contributed by atoms with Gasteiger partial charge in [-0.2, -0.15) is 0 Å². The molecule has 1 aromatic heterocycles. The van der Waals surface area contributed by atoms with Crippen LogP contribution in [0.3, 0.4) is 0 Å². The fourth-order valence-electron chi connectivity index (χ4n) is 2.57. The van der Waals surface area contributed by atoms with Gasteiger partial charge in [0, 0.05) is 29.6 Å². The summed E-state index contributed by atoms with van der Waals surface area (Å²) in [7, 11) is 0. The Labute approximate surface area is 166 Å². The number of amides is 2. The van der Waals surface area contributed by atoms with Crippen molar-refractivity contribution in [3.05, 3.63) is 94.5 Å². The van der Waals surface area contributed by atoms with E-state index in [9.17, 15) is 14.0 Å². The van der Waals surface area contributed by atoms with Crippen molar-refractivity contribution in [2.75, 3.05) is 11.9 Å². The molecule has 0 unspecified atom stereocenters. The summed E-state index contributed by atoms with van der Waals surface area (Å²) < 4.78 is 13.2. The SMILES string of the molecule is O=C(NCCc1cccc(Cl)c1)c1cncc(C(=O)Nc2cccc(F)c2)c1. The third-order valence-corrected chi connectivity index (χ3v) is 4.17. The second kappa shape index (κ2) is 9.10. The fourth-order valence-corrected chi connectivity index (χ4v) is 2.79. The molecule has 3 rings (SSSR count). The first-order chi connectivity index (χ1) is 13.5. The predicted molar refractivity (Wildman–Crippen MR) is 106 cm³/mol. The molecule has 2 amide bonds. The molecule has 0 aliphatic rings. The van der Waals surface area contributed by atoms with Gasteiger partial charge in [-0.15, -0.1) is 0 Å². The lowest BCUT2D eigenvalue weighted by molar-refractivity contribution is 0.0953. The lowest BCUT2D eigenvalue weighted by Gasteiger charge is -2.08. The van der Waals surface area contributed by atoms with Crippen molar-refractivity contribution >= 4 is 29.1 Å². The van der Waals surface area contributed by atoms with Crippen LogP contribution in [0.4, 0.5) is 10.1 Å². The molecule has 2 aromatic carbocycles. The smallest absolute Gasteiger partial charge is 0.257 e. The van der Waals surface area contributed by atoms with Crippen molar-refractivity contribution in [1.29, 1.82) is 0 Å². The molecule has 28 heavy (non-hydrogen) atoms. The molecule has 0 atom stereocenters. The van der Waals surface area contributed by atoms with Crippen LogP contribution in [0.15, 0.2) is 67.0 Å². The molecule has 0 aliphatic heterocycles. The predicted octanol–water partition coefficient (Wildman–Crippen LogP) is 4.10. The molecule has 0 bridgehead atoms.